The number of H-pyrrole nitrogens is 1. The lowest BCUT2D eigenvalue weighted by Gasteiger charge is -2.22. The van der Waals surface area contributed by atoms with E-state index in [9.17, 15) is 9.59 Å². The van der Waals surface area contributed by atoms with Gasteiger partial charge in [0.15, 0.2) is 6.29 Å². The maximum atomic E-state index is 12.6. The van der Waals surface area contributed by atoms with Crippen LogP contribution in [0.15, 0.2) is 24.4 Å². The van der Waals surface area contributed by atoms with Gasteiger partial charge >= 0.3 is 0 Å². The molecule has 7 nitrogen and oxygen atoms in total. The molecule has 2 aliphatic heterocycles. The first-order chi connectivity index (χ1) is 15.0. The van der Waals surface area contributed by atoms with Crippen LogP contribution in [-0.2, 0) is 9.53 Å². The van der Waals surface area contributed by atoms with Gasteiger partial charge in [-0.05, 0) is 56.0 Å². The van der Waals surface area contributed by atoms with Crippen LogP contribution in [0, 0.1) is 19.3 Å². The summed E-state index contributed by atoms with van der Waals surface area (Å²) in [5.41, 5.74) is 6.59. The molecule has 1 fully saturated rings. The lowest BCUT2D eigenvalue weighted by atomic mass is 9.99. The second-order valence-electron chi connectivity index (χ2n) is 7.89. The van der Waals surface area contributed by atoms with Crippen molar-refractivity contribution in [3.63, 3.8) is 0 Å². The molecular weight excluding hydrogens is 392 g/mol. The number of aryl methyl sites for hydroxylation is 1. The van der Waals surface area contributed by atoms with Gasteiger partial charge in [0.05, 0.1) is 5.57 Å². The summed E-state index contributed by atoms with van der Waals surface area (Å²) in [5.74, 6) is -0.188. The molecule has 0 atom stereocenters. The van der Waals surface area contributed by atoms with Crippen molar-refractivity contribution in [2.45, 2.75) is 32.7 Å². The molecule has 3 heterocycles. The lowest BCUT2D eigenvalue weighted by molar-refractivity contribution is -0.110. The number of hydrogen-bond donors (Lipinski definition) is 4. The SMILES string of the molecule is Cc1[nH]c(/C=C2\C(=O)Nc3ccc(/C(C=N)=C/NC4CCOCC4)cc32)c(C)c1C=O. The normalized spacial score (nSPS) is 18.1. The van der Waals surface area contributed by atoms with Crippen molar-refractivity contribution in [1.29, 1.82) is 5.41 Å². The number of aromatic nitrogens is 1. The molecule has 0 aliphatic carbocycles. The van der Waals surface area contributed by atoms with E-state index in [2.05, 4.69) is 15.6 Å². The quantitative estimate of drug-likeness (QED) is 0.326. The third-order valence-electron chi connectivity index (χ3n) is 5.93. The number of benzene rings is 1. The van der Waals surface area contributed by atoms with E-state index in [1.54, 1.807) is 6.08 Å². The molecule has 2 aromatic rings. The van der Waals surface area contributed by atoms with Crippen molar-refractivity contribution in [3.8, 4) is 0 Å². The van der Waals surface area contributed by atoms with Crippen molar-refractivity contribution in [2.75, 3.05) is 18.5 Å². The number of nitrogens with one attached hydrogen (secondary N) is 4. The number of hydrogen-bond acceptors (Lipinski definition) is 5. The summed E-state index contributed by atoms with van der Waals surface area (Å²) in [7, 11) is 0. The van der Waals surface area contributed by atoms with Crippen LogP contribution in [-0.4, -0.2) is 42.6 Å². The first kappa shape index (κ1) is 20.8. The molecule has 0 radical (unpaired) electrons. The predicted molar refractivity (Wildman–Crippen MR) is 122 cm³/mol. The summed E-state index contributed by atoms with van der Waals surface area (Å²) in [6, 6.07) is 6.02. The van der Waals surface area contributed by atoms with Crippen LogP contribution >= 0.6 is 0 Å². The van der Waals surface area contributed by atoms with Gasteiger partial charge in [-0.15, -0.1) is 0 Å². The largest absolute Gasteiger partial charge is 0.387 e. The van der Waals surface area contributed by atoms with E-state index in [4.69, 9.17) is 10.1 Å². The summed E-state index contributed by atoms with van der Waals surface area (Å²) in [4.78, 5) is 27.2. The van der Waals surface area contributed by atoms with Gasteiger partial charge in [-0.25, -0.2) is 0 Å². The fraction of sp³-hybridized carbons (Fsp3) is 0.292. The number of carbonyl (C=O) groups excluding carboxylic acids is 2. The van der Waals surface area contributed by atoms with Gasteiger partial charge in [-0.2, -0.15) is 0 Å². The number of rotatable bonds is 6. The van der Waals surface area contributed by atoms with Crippen LogP contribution in [0.1, 0.15) is 51.3 Å². The van der Waals surface area contributed by atoms with E-state index in [1.165, 1.54) is 6.21 Å². The third-order valence-corrected chi connectivity index (χ3v) is 5.93. The Morgan fingerprint density at radius 2 is 2.03 bits per heavy atom. The number of aromatic amines is 1. The summed E-state index contributed by atoms with van der Waals surface area (Å²) in [5, 5.41) is 14.2. The number of aldehydes is 1. The minimum atomic E-state index is -0.188. The van der Waals surface area contributed by atoms with Crippen molar-refractivity contribution in [3.05, 3.63) is 58.0 Å². The van der Waals surface area contributed by atoms with Gasteiger partial charge in [-0.1, -0.05) is 6.07 Å². The summed E-state index contributed by atoms with van der Waals surface area (Å²) >= 11 is 0. The highest BCUT2D eigenvalue weighted by Gasteiger charge is 2.25. The molecule has 0 unspecified atom stereocenters. The Labute approximate surface area is 181 Å². The summed E-state index contributed by atoms with van der Waals surface area (Å²) < 4.78 is 5.39. The zero-order valence-electron chi connectivity index (χ0n) is 17.7. The average molecular weight is 418 g/mol. The molecule has 1 amide bonds. The maximum absolute atomic E-state index is 12.6. The average Bonchev–Trinajstić information content (AvgIpc) is 3.24. The monoisotopic (exact) mass is 418 g/mol. The zero-order chi connectivity index (χ0) is 22.0. The van der Waals surface area contributed by atoms with E-state index >= 15 is 0 Å². The van der Waals surface area contributed by atoms with E-state index in [0.717, 1.165) is 71.7 Å². The van der Waals surface area contributed by atoms with Crippen LogP contribution in [0.5, 0.6) is 0 Å². The topological polar surface area (TPSA) is 107 Å². The van der Waals surface area contributed by atoms with Crippen molar-refractivity contribution in [1.82, 2.24) is 10.3 Å². The van der Waals surface area contributed by atoms with Crippen LogP contribution in [0.2, 0.25) is 0 Å². The molecule has 1 aromatic carbocycles. The molecule has 1 saturated heterocycles. The second-order valence-corrected chi connectivity index (χ2v) is 7.89. The Hall–Kier alpha value is -3.45. The molecule has 0 spiro atoms. The lowest BCUT2D eigenvalue weighted by Crippen LogP contribution is -2.31. The Morgan fingerprint density at radius 1 is 1.26 bits per heavy atom. The van der Waals surface area contributed by atoms with Crippen LogP contribution in [0.3, 0.4) is 0 Å². The maximum Gasteiger partial charge on any atom is 0.256 e. The Bertz CT molecular complexity index is 1100. The molecule has 1 aromatic heterocycles. The highest BCUT2D eigenvalue weighted by molar-refractivity contribution is 6.35. The Balaban J connectivity index is 1.67. The number of anilines is 1. The van der Waals surface area contributed by atoms with Crippen molar-refractivity contribution >= 4 is 41.3 Å². The number of ether oxygens (including phenoxy) is 1. The fourth-order valence-electron chi connectivity index (χ4n) is 4.05. The first-order valence-electron chi connectivity index (χ1n) is 10.4. The van der Waals surface area contributed by atoms with Crippen molar-refractivity contribution in [2.24, 2.45) is 0 Å². The molecule has 4 N–H and O–H groups in total. The van der Waals surface area contributed by atoms with Gasteiger partial charge in [-0.3, -0.25) is 9.59 Å². The van der Waals surface area contributed by atoms with E-state index < -0.39 is 0 Å². The van der Waals surface area contributed by atoms with Crippen LogP contribution < -0.4 is 10.6 Å². The van der Waals surface area contributed by atoms with E-state index in [1.807, 2.05) is 38.2 Å². The summed E-state index contributed by atoms with van der Waals surface area (Å²) in [6.45, 7) is 5.19. The standard InChI is InChI=1S/C24H26N4O3/c1-14-21(13-29)15(2)27-23(14)10-20-19-9-16(3-4-22(19)28-24(20)30)17(11-25)12-26-18-5-7-31-8-6-18/h3-4,9-13,18,25-27H,5-8H2,1-2H3,(H,28,30)/b17-12+,20-10-,25-11?. The van der Waals surface area contributed by atoms with Crippen molar-refractivity contribution < 1.29 is 14.3 Å². The van der Waals surface area contributed by atoms with Crippen LogP contribution in [0.4, 0.5) is 5.69 Å². The minimum absolute atomic E-state index is 0.188. The molecule has 31 heavy (non-hydrogen) atoms. The molecule has 2 aliphatic rings. The van der Waals surface area contributed by atoms with Gasteiger partial charge in [0.25, 0.3) is 5.91 Å². The molecule has 4 rings (SSSR count). The third kappa shape index (κ3) is 4.09. The number of fused-ring (bicyclic) bond motifs is 1. The van der Waals surface area contributed by atoms with Gasteiger partial charge in [0.2, 0.25) is 0 Å². The Morgan fingerprint density at radius 3 is 2.71 bits per heavy atom. The number of amides is 1. The molecule has 160 valence electrons. The fourth-order valence-corrected chi connectivity index (χ4v) is 4.05. The zero-order valence-corrected chi connectivity index (χ0v) is 17.7. The van der Waals surface area contributed by atoms with E-state index in [-0.39, 0.29) is 5.91 Å². The highest BCUT2D eigenvalue weighted by atomic mass is 16.5. The smallest absolute Gasteiger partial charge is 0.256 e. The van der Waals surface area contributed by atoms with Gasteiger partial charge in [0, 0.05) is 65.4 Å². The predicted octanol–water partition coefficient (Wildman–Crippen LogP) is 3.70. The van der Waals surface area contributed by atoms with Gasteiger partial charge < -0.3 is 25.8 Å². The van der Waals surface area contributed by atoms with Crippen LogP contribution in [0.25, 0.3) is 17.2 Å². The first-order valence-corrected chi connectivity index (χ1v) is 10.4. The minimum Gasteiger partial charge on any atom is -0.387 e. The number of carbonyl (C=O) groups is 2. The molecule has 0 saturated carbocycles. The number of allylic oxidation sites excluding steroid dienone is 1. The Kier molecular flexibility index (Phi) is 5.86. The second kappa shape index (κ2) is 8.73. The van der Waals surface area contributed by atoms with Gasteiger partial charge in [0.1, 0.15) is 0 Å². The summed E-state index contributed by atoms with van der Waals surface area (Å²) in [6.07, 6.45) is 7.68. The molecule has 7 heteroatoms. The molecule has 0 bridgehead atoms. The highest BCUT2D eigenvalue weighted by Crippen LogP contribution is 2.35. The van der Waals surface area contributed by atoms with E-state index in [0.29, 0.717) is 17.2 Å². The molecular formula is C24H26N4O3.